The number of thiophene rings is 1. The van der Waals surface area contributed by atoms with Crippen LogP contribution < -0.4 is 0 Å². The van der Waals surface area contributed by atoms with Gasteiger partial charge in [-0.25, -0.2) is 0 Å². The average Bonchev–Trinajstić information content (AvgIpc) is 3.04. The third-order valence-electron chi connectivity index (χ3n) is 3.26. The van der Waals surface area contributed by atoms with Gasteiger partial charge in [0.2, 0.25) is 0 Å². The van der Waals surface area contributed by atoms with Crippen molar-refractivity contribution >= 4 is 32.3 Å². The van der Waals surface area contributed by atoms with Gasteiger partial charge in [-0.3, -0.25) is 0 Å². The molecule has 4 rings (SSSR count). The molecule has 2 aromatic carbocycles. The fraction of sp³-hybridized carbons (Fsp3) is 0. The minimum atomic E-state index is 1.19. The topological polar surface area (TPSA) is 15.8 Å². The van der Waals surface area contributed by atoms with E-state index in [1.54, 1.807) is 0 Å². The van der Waals surface area contributed by atoms with Gasteiger partial charge in [-0.2, -0.15) is 0 Å². The summed E-state index contributed by atoms with van der Waals surface area (Å²) in [6.07, 6.45) is 1.99. The second kappa shape index (κ2) is 3.72. The molecule has 86 valence electrons. The smallest absolute Gasteiger partial charge is 0.0454 e. The zero-order valence-corrected chi connectivity index (χ0v) is 10.5. The molecule has 2 heterocycles. The van der Waals surface area contributed by atoms with Gasteiger partial charge < -0.3 is 4.98 Å². The van der Waals surface area contributed by atoms with Crippen molar-refractivity contribution in [2.24, 2.45) is 0 Å². The molecule has 4 aromatic rings. The van der Waals surface area contributed by atoms with E-state index in [1.165, 1.54) is 31.4 Å². The van der Waals surface area contributed by atoms with Crippen LogP contribution in [0.2, 0.25) is 0 Å². The van der Waals surface area contributed by atoms with Gasteiger partial charge in [0, 0.05) is 21.3 Å². The maximum atomic E-state index is 3.23. The van der Waals surface area contributed by atoms with Crippen LogP contribution >= 0.6 is 11.3 Å². The van der Waals surface area contributed by atoms with E-state index >= 15 is 0 Å². The Bertz CT molecular complexity index is 805. The summed E-state index contributed by atoms with van der Waals surface area (Å²) in [5.41, 5.74) is 2.49. The summed E-state index contributed by atoms with van der Waals surface area (Å²) < 4.78 is 1.35. The second-order valence-corrected chi connectivity index (χ2v) is 5.51. The number of hydrogen-bond acceptors (Lipinski definition) is 1. The fourth-order valence-electron chi connectivity index (χ4n) is 2.33. The number of fused-ring (bicyclic) bond motifs is 2. The Morgan fingerprint density at radius 3 is 2.72 bits per heavy atom. The molecule has 1 nitrogen and oxygen atoms in total. The van der Waals surface area contributed by atoms with Crippen LogP contribution in [-0.4, -0.2) is 4.98 Å². The van der Waals surface area contributed by atoms with Crippen molar-refractivity contribution in [1.82, 2.24) is 4.98 Å². The van der Waals surface area contributed by atoms with Crippen molar-refractivity contribution in [3.05, 3.63) is 60.8 Å². The zero-order chi connectivity index (χ0) is 11.9. The lowest BCUT2D eigenvalue weighted by Gasteiger charge is -1.97. The largest absolute Gasteiger partial charge is 0.361 e. The lowest BCUT2D eigenvalue weighted by Crippen LogP contribution is -1.72. The van der Waals surface area contributed by atoms with Crippen LogP contribution in [0.25, 0.3) is 31.4 Å². The molecule has 2 heteroatoms. The Hall–Kier alpha value is -2.06. The molecular weight excluding hydrogens is 238 g/mol. The van der Waals surface area contributed by atoms with Gasteiger partial charge >= 0.3 is 0 Å². The van der Waals surface area contributed by atoms with Crippen molar-refractivity contribution in [3.63, 3.8) is 0 Å². The van der Waals surface area contributed by atoms with E-state index in [0.717, 1.165) is 0 Å². The van der Waals surface area contributed by atoms with Crippen LogP contribution in [0, 0.1) is 0 Å². The summed E-state index contributed by atoms with van der Waals surface area (Å²) in [5.74, 6) is 0. The molecule has 0 saturated carbocycles. The second-order valence-electron chi connectivity index (χ2n) is 4.43. The molecule has 1 N–H and O–H groups in total. The van der Waals surface area contributed by atoms with Crippen molar-refractivity contribution in [2.75, 3.05) is 0 Å². The molecule has 0 bridgehead atoms. The van der Waals surface area contributed by atoms with Gasteiger partial charge in [0.15, 0.2) is 0 Å². The van der Waals surface area contributed by atoms with E-state index in [4.69, 9.17) is 0 Å². The van der Waals surface area contributed by atoms with Crippen molar-refractivity contribution in [1.29, 1.82) is 0 Å². The number of aromatic nitrogens is 1. The minimum Gasteiger partial charge on any atom is -0.361 e. The normalized spacial score (nSPS) is 11.3. The molecule has 18 heavy (non-hydrogen) atoms. The van der Waals surface area contributed by atoms with E-state index in [0.29, 0.717) is 0 Å². The van der Waals surface area contributed by atoms with Crippen LogP contribution in [0.15, 0.2) is 60.8 Å². The highest BCUT2D eigenvalue weighted by Crippen LogP contribution is 2.34. The quantitative estimate of drug-likeness (QED) is 0.486. The summed E-state index contributed by atoms with van der Waals surface area (Å²) in [5, 5.41) is 2.59. The van der Waals surface area contributed by atoms with Crippen molar-refractivity contribution in [3.8, 4) is 10.4 Å². The molecule has 0 saturated heterocycles. The molecular formula is C16H11NS. The maximum absolute atomic E-state index is 3.23. The van der Waals surface area contributed by atoms with Crippen LogP contribution in [0.5, 0.6) is 0 Å². The standard InChI is InChI=1S/C16H11NS/c1-2-4-15-12(3-1)10-16(18-15)13-5-6-14-11(9-13)7-8-17-14/h1-10,17H. The molecule has 0 aliphatic heterocycles. The van der Waals surface area contributed by atoms with Crippen LogP contribution in [0.1, 0.15) is 0 Å². The van der Waals surface area contributed by atoms with Gasteiger partial charge in [-0.05, 0) is 46.7 Å². The van der Waals surface area contributed by atoms with E-state index < -0.39 is 0 Å². The summed E-state index contributed by atoms with van der Waals surface area (Å²) >= 11 is 1.85. The number of rotatable bonds is 1. The molecule has 2 aromatic heterocycles. The van der Waals surface area contributed by atoms with Gasteiger partial charge in [0.05, 0.1) is 0 Å². The lowest BCUT2D eigenvalue weighted by atomic mass is 10.1. The first-order valence-corrected chi connectivity index (χ1v) is 6.78. The first-order chi connectivity index (χ1) is 8.90. The first kappa shape index (κ1) is 9.92. The van der Waals surface area contributed by atoms with E-state index in [9.17, 15) is 0 Å². The Morgan fingerprint density at radius 2 is 1.78 bits per heavy atom. The molecule has 0 unspecified atom stereocenters. The third-order valence-corrected chi connectivity index (χ3v) is 4.43. The van der Waals surface area contributed by atoms with E-state index in [-0.39, 0.29) is 0 Å². The summed E-state index contributed by atoms with van der Waals surface area (Å²) in [7, 11) is 0. The van der Waals surface area contributed by atoms with Crippen LogP contribution in [0.3, 0.4) is 0 Å². The predicted octanol–water partition coefficient (Wildman–Crippen LogP) is 5.05. The number of hydrogen-bond donors (Lipinski definition) is 1. The zero-order valence-electron chi connectivity index (χ0n) is 9.68. The van der Waals surface area contributed by atoms with Crippen LogP contribution in [-0.2, 0) is 0 Å². The van der Waals surface area contributed by atoms with Gasteiger partial charge in [-0.1, -0.05) is 24.3 Å². The molecule has 0 aliphatic rings. The SMILES string of the molecule is c1ccc2sc(-c3ccc4[nH]ccc4c3)cc2c1. The van der Waals surface area contributed by atoms with Crippen molar-refractivity contribution < 1.29 is 0 Å². The fourth-order valence-corrected chi connectivity index (χ4v) is 3.39. The molecule has 0 aliphatic carbocycles. The molecule has 0 atom stereocenters. The number of nitrogens with one attached hydrogen (secondary N) is 1. The summed E-state index contributed by atoms with van der Waals surface area (Å²) in [6, 6.07) is 19.5. The highest BCUT2D eigenvalue weighted by molar-refractivity contribution is 7.22. The Kier molecular flexibility index (Phi) is 2.05. The average molecular weight is 249 g/mol. The number of benzene rings is 2. The number of H-pyrrole nitrogens is 1. The monoisotopic (exact) mass is 249 g/mol. The van der Waals surface area contributed by atoms with E-state index in [2.05, 4.69) is 59.6 Å². The minimum absolute atomic E-state index is 1.19. The Labute approximate surface area is 109 Å². The first-order valence-electron chi connectivity index (χ1n) is 5.96. The molecule has 0 amide bonds. The predicted molar refractivity (Wildman–Crippen MR) is 79.1 cm³/mol. The third kappa shape index (κ3) is 1.46. The Morgan fingerprint density at radius 1 is 0.833 bits per heavy atom. The van der Waals surface area contributed by atoms with Gasteiger partial charge in [-0.15, -0.1) is 11.3 Å². The van der Waals surface area contributed by atoms with E-state index in [1.807, 2.05) is 17.5 Å². The lowest BCUT2D eigenvalue weighted by molar-refractivity contribution is 1.48. The number of aromatic amines is 1. The van der Waals surface area contributed by atoms with Crippen molar-refractivity contribution in [2.45, 2.75) is 0 Å². The summed E-state index contributed by atoms with van der Waals surface area (Å²) in [4.78, 5) is 4.56. The molecule has 0 spiro atoms. The highest BCUT2D eigenvalue weighted by atomic mass is 32.1. The summed E-state index contributed by atoms with van der Waals surface area (Å²) in [6.45, 7) is 0. The van der Waals surface area contributed by atoms with Gasteiger partial charge in [0.25, 0.3) is 0 Å². The molecule has 0 radical (unpaired) electrons. The van der Waals surface area contributed by atoms with Crippen LogP contribution in [0.4, 0.5) is 0 Å². The molecule has 0 fully saturated rings. The maximum Gasteiger partial charge on any atom is 0.0454 e. The Balaban J connectivity index is 1.94. The van der Waals surface area contributed by atoms with Gasteiger partial charge in [0.1, 0.15) is 0 Å². The highest BCUT2D eigenvalue weighted by Gasteiger charge is 2.04.